The predicted molar refractivity (Wildman–Crippen MR) is 79.9 cm³/mol. The minimum Gasteiger partial charge on any atom is -0.325 e. The maximum Gasteiger partial charge on any atom is 0.210 e. The molecule has 0 aromatic heterocycles. The van der Waals surface area contributed by atoms with Crippen LogP contribution in [0.2, 0.25) is 5.02 Å². The summed E-state index contributed by atoms with van der Waals surface area (Å²) in [5.74, 6) is 5.38. The number of aliphatic imine (C=N–C) groups is 1. The third-order valence-electron chi connectivity index (χ3n) is 2.58. The van der Waals surface area contributed by atoms with Gasteiger partial charge in [0.2, 0.25) is 5.96 Å². The van der Waals surface area contributed by atoms with E-state index in [1.165, 1.54) is 12.1 Å². The van der Waals surface area contributed by atoms with Gasteiger partial charge < -0.3 is 5.32 Å². The van der Waals surface area contributed by atoms with Gasteiger partial charge in [0.1, 0.15) is 5.82 Å². The van der Waals surface area contributed by atoms with Crippen molar-refractivity contribution in [2.24, 2.45) is 10.8 Å². The van der Waals surface area contributed by atoms with Crippen LogP contribution in [0.5, 0.6) is 0 Å². The zero-order chi connectivity index (χ0) is 14.4. The minimum absolute atomic E-state index is 0.0796. The Morgan fingerprint density at radius 2 is 1.95 bits per heavy atom. The van der Waals surface area contributed by atoms with E-state index in [1.54, 1.807) is 6.07 Å². The molecule has 0 aliphatic rings. The molecule has 2 aromatic rings. The summed E-state index contributed by atoms with van der Waals surface area (Å²) in [5, 5.41) is 3.11. The Hall–Kier alpha value is -2.11. The summed E-state index contributed by atoms with van der Waals surface area (Å²) in [7, 11) is 0. The number of hydrogen-bond donors (Lipinski definition) is 3. The largest absolute Gasteiger partial charge is 0.325 e. The van der Waals surface area contributed by atoms with Crippen LogP contribution in [0.3, 0.4) is 0 Å². The van der Waals surface area contributed by atoms with Crippen LogP contribution in [0.4, 0.5) is 10.1 Å². The molecule has 0 unspecified atom stereocenters. The highest BCUT2D eigenvalue weighted by Gasteiger charge is 2.01. The molecule has 0 heterocycles. The molecule has 0 saturated carbocycles. The highest BCUT2D eigenvalue weighted by atomic mass is 35.5. The fourth-order valence-electron chi connectivity index (χ4n) is 1.59. The Labute approximate surface area is 121 Å². The number of nitrogens with two attached hydrogens (primary N) is 1. The van der Waals surface area contributed by atoms with Crippen molar-refractivity contribution in [2.75, 3.05) is 5.32 Å². The normalized spacial score (nSPS) is 11.2. The van der Waals surface area contributed by atoms with E-state index in [2.05, 4.69) is 15.7 Å². The van der Waals surface area contributed by atoms with Gasteiger partial charge in [-0.1, -0.05) is 35.9 Å². The van der Waals surface area contributed by atoms with E-state index in [-0.39, 0.29) is 5.02 Å². The van der Waals surface area contributed by atoms with Gasteiger partial charge in [0.25, 0.3) is 0 Å². The summed E-state index contributed by atoms with van der Waals surface area (Å²) in [4.78, 5) is 4.27. The maximum absolute atomic E-state index is 13.0. The summed E-state index contributed by atoms with van der Waals surface area (Å²) in [6.45, 7) is 0.333. The average molecular weight is 293 g/mol. The molecule has 2 aromatic carbocycles. The molecule has 0 aliphatic carbocycles. The van der Waals surface area contributed by atoms with Gasteiger partial charge in [-0.05, 0) is 29.8 Å². The lowest BCUT2D eigenvalue weighted by Crippen LogP contribution is -2.36. The van der Waals surface area contributed by atoms with Crippen molar-refractivity contribution in [3.8, 4) is 0 Å². The molecule has 0 saturated heterocycles. The molecule has 2 rings (SSSR count). The molecule has 0 spiro atoms. The van der Waals surface area contributed by atoms with Gasteiger partial charge in [-0.25, -0.2) is 15.2 Å². The van der Waals surface area contributed by atoms with Crippen LogP contribution in [0, 0.1) is 5.82 Å². The molecular formula is C14H14ClFN4. The van der Waals surface area contributed by atoms with E-state index < -0.39 is 5.82 Å². The topological polar surface area (TPSA) is 62.4 Å². The van der Waals surface area contributed by atoms with Crippen molar-refractivity contribution in [3.63, 3.8) is 0 Å². The van der Waals surface area contributed by atoms with Gasteiger partial charge >= 0.3 is 0 Å². The lowest BCUT2D eigenvalue weighted by molar-refractivity contribution is 0.627. The number of benzene rings is 2. The number of hydrazine groups is 1. The second kappa shape index (κ2) is 6.88. The van der Waals surface area contributed by atoms with Crippen LogP contribution in [-0.4, -0.2) is 5.96 Å². The number of halogens is 2. The molecule has 0 amide bonds. The first-order valence-electron chi connectivity index (χ1n) is 5.96. The van der Waals surface area contributed by atoms with Gasteiger partial charge in [-0.15, -0.1) is 0 Å². The van der Waals surface area contributed by atoms with Gasteiger partial charge in [0.05, 0.1) is 11.6 Å². The summed E-state index contributed by atoms with van der Waals surface area (Å²) in [5.41, 5.74) is 4.13. The minimum atomic E-state index is -0.445. The van der Waals surface area contributed by atoms with E-state index in [0.717, 1.165) is 11.3 Å². The third kappa shape index (κ3) is 3.94. The zero-order valence-electron chi connectivity index (χ0n) is 10.6. The quantitative estimate of drug-likeness (QED) is 0.353. The van der Waals surface area contributed by atoms with Crippen LogP contribution < -0.4 is 16.6 Å². The highest BCUT2D eigenvalue weighted by molar-refractivity contribution is 6.30. The van der Waals surface area contributed by atoms with E-state index in [1.807, 2.05) is 30.3 Å². The molecule has 0 atom stereocenters. The Morgan fingerprint density at radius 3 is 2.60 bits per heavy atom. The summed E-state index contributed by atoms with van der Waals surface area (Å²) in [6.07, 6.45) is 0. The van der Waals surface area contributed by atoms with E-state index in [9.17, 15) is 4.39 Å². The van der Waals surface area contributed by atoms with Crippen LogP contribution in [0.15, 0.2) is 53.5 Å². The SMILES string of the molecule is NNC(=NCc1ccc(F)c(Cl)c1)Nc1ccccc1. The number of nitrogens with zero attached hydrogens (tertiary/aromatic N) is 1. The highest BCUT2D eigenvalue weighted by Crippen LogP contribution is 2.16. The molecule has 4 N–H and O–H groups in total. The fourth-order valence-corrected chi connectivity index (χ4v) is 1.79. The lowest BCUT2D eigenvalue weighted by atomic mass is 10.2. The molecule has 6 heteroatoms. The Morgan fingerprint density at radius 1 is 1.20 bits per heavy atom. The Bertz CT molecular complexity index is 601. The van der Waals surface area contributed by atoms with Gasteiger partial charge in [0, 0.05) is 5.69 Å². The summed E-state index contributed by atoms with van der Waals surface area (Å²) < 4.78 is 13.0. The second-order valence-corrected chi connectivity index (χ2v) is 4.46. The fraction of sp³-hybridized carbons (Fsp3) is 0.0714. The monoisotopic (exact) mass is 292 g/mol. The van der Waals surface area contributed by atoms with Crippen molar-refractivity contribution < 1.29 is 4.39 Å². The zero-order valence-corrected chi connectivity index (χ0v) is 11.4. The molecule has 20 heavy (non-hydrogen) atoms. The first-order chi connectivity index (χ1) is 9.69. The molecule has 4 nitrogen and oxygen atoms in total. The smallest absolute Gasteiger partial charge is 0.210 e. The first kappa shape index (κ1) is 14.3. The number of guanidine groups is 1. The van der Waals surface area contributed by atoms with Gasteiger partial charge in [0.15, 0.2) is 0 Å². The molecule has 0 fully saturated rings. The maximum atomic E-state index is 13.0. The average Bonchev–Trinajstić information content (AvgIpc) is 2.48. The van der Waals surface area contributed by atoms with Crippen molar-refractivity contribution in [1.29, 1.82) is 0 Å². The van der Waals surface area contributed by atoms with Crippen LogP contribution in [0.25, 0.3) is 0 Å². The second-order valence-electron chi connectivity index (χ2n) is 4.05. The summed E-state index contributed by atoms with van der Waals surface area (Å²) in [6, 6.07) is 14.0. The van der Waals surface area contributed by atoms with Crippen LogP contribution in [-0.2, 0) is 6.54 Å². The lowest BCUT2D eigenvalue weighted by Gasteiger charge is -2.09. The van der Waals surface area contributed by atoms with E-state index in [4.69, 9.17) is 17.4 Å². The Kier molecular flexibility index (Phi) is 4.92. The van der Waals surface area contributed by atoms with Crippen molar-refractivity contribution in [3.05, 3.63) is 64.9 Å². The molecule has 0 radical (unpaired) electrons. The molecule has 104 valence electrons. The number of nitrogens with one attached hydrogen (secondary N) is 2. The van der Waals surface area contributed by atoms with Crippen molar-refractivity contribution in [1.82, 2.24) is 5.43 Å². The molecular weight excluding hydrogens is 279 g/mol. The number of hydrogen-bond acceptors (Lipinski definition) is 2. The van der Waals surface area contributed by atoms with Gasteiger partial charge in [-0.3, -0.25) is 5.43 Å². The molecule has 0 bridgehead atoms. The number of anilines is 1. The third-order valence-corrected chi connectivity index (χ3v) is 2.87. The predicted octanol–water partition coefficient (Wildman–Crippen LogP) is 2.91. The van der Waals surface area contributed by atoms with Crippen molar-refractivity contribution >= 4 is 23.2 Å². The first-order valence-corrected chi connectivity index (χ1v) is 6.34. The standard InChI is InChI=1S/C14H14ClFN4/c15-12-8-10(6-7-13(12)16)9-18-14(20-17)19-11-4-2-1-3-5-11/h1-8H,9,17H2,(H2,18,19,20). The van der Waals surface area contributed by atoms with E-state index in [0.29, 0.717) is 12.5 Å². The summed E-state index contributed by atoms with van der Waals surface area (Å²) >= 11 is 5.71. The van der Waals surface area contributed by atoms with Crippen LogP contribution >= 0.6 is 11.6 Å². The van der Waals surface area contributed by atoms with Gasteiger partial charge in [-0.2, -0.15) is 0 Å². The number of rotatable bonds is 3. The Balaban J connectivity index is 2.05. The van der Waals surface area contributed by atoms with Crippen LogP contribution in [0.1, 0.15) is 5.56 Å². The van der Waals surface area contributed by atoms with Crippen molar-refractivity contribution in [2.45, 2.75) is 6.54 Å². The number of para-hydroxylation sites is 1. The molecule has 0 aliphatic heterocycles. The van der Waals surface area contributed by atoms with E-state index >= 15 is 0 Å².